The van der Waals surface area contributed by atoms with Crippen LogP contribution < -0.4 is 0 Å². The number of hydrogen-bond donors (Lipinski definition) is 2. The van der Waals surface area contributed by atoms with Gasteiger partial charge in [0.1, 0.15) is 6.33 Å². The van der Waals surface area contributed by atoms with Crippen molar-refractivity contribution in [2.45, 2.75) is 27.7 Å². The molecule has 0 aliphatic carbocycles. The Morgan fingerprint density at radius 1 is 0.268 bits per heavy atom. The van der Waals surface area contributed by atoms with Gasteiger partial charge in [-0.3, -0.25) is 19.6 Å². The van der Waals surface area contributed by atoms with E-state index in [0.717, 1.165) is 95.3 Å². The van der Waals surface area contributed by atoms with Crippen LogP contribution in [0.5, 0.6) is 0 Å². The van der Waals surface area contributed by atoms with E-state index < -0.39 is 0 Å². The van der Waals surface area contributed by atoms with Crippen molar-refractivity contribution >= 4 is 87.4 Å². The smallest absolute Gasteiger partial charge is 0.189 e. The number of carbonyl (C=O) groups is 2. The summed E-state index contributed by atoms with van der Waals surface area (Å²) < 4.78 is 5.31. The van der Waals surface area contributed by atoms with Crippen molar-refractivity contribution in [3.8, 4) is 90.3 Å². The van der Waals surface area contributed by atoms with Crippen LogP contribution >= 0.6 is 0 Å². The second-order valence-corrected chi connectivity index (χ2v) is 31.7. The fourth-order valence-corrected chi connectivity index (χ4v) is 14.9. The molecule has 0 unspecified atom stereocenters. The molecule has 149 heavy (non-hydrogen) atoms. The van der Waals surface area contributed by atoms with Crippen LogP contribution in [-0.4, -0.2) is 76.6 Å². The van der Waals surface area contributed by atoms with Gasteiger partial charge in [0.05, 0.1) is 17.0 Å². The van der Waals surface area contributed by atoms with E-state index in [-0.39, 0.29) is 144 Å². The number of nitrogens with zero attached hydrogens (tertiary/aromatic N) is 11. The predicted octanol–water partition coefficient (Wildman–Crippen LogP) is 29.9. The number of benzene rings is 14. The SMILES string of the molecule is CC(=O)C=C(C)O.CC(O)=CC(=O)c1ccccc1.Cc1cccnc1-c1[c-]cccc1.[Ir].[Ir].[Ir].[Ir].[Ir].[Ir].[c-]1cc2ccccc2cc1-c1nccc2ccccc12.[c-]1cc2ccccc2cc1-c1nccc2ccccc12.[c-]1ccccc1-c1ccccn1.[c-]1ccccc1-c1ccccn1.[c-]1ccccc1-c1nccc2ccccc12.[c-]1ccccc1-c1ncnc2nccnc12.[c-]1ccoc1-c1nccc2ccccc12. The molecule has 6 radical (unpaired) electrons. The number of pyridine rings is 7. The van der Waals surface area contributed by atoms with Gasteiger partial charge >= 0.3 is 0 Å². The van der Waals surface area contributed by atoms with Crippen molar-refractivity contribution in [2.24, 2.45) is 0 Å². The summed E-state index contributed by atoms with van der Waals surface area (Å²) in [6.45, 7) is 6.38. The van der Waals surface area contributed by atoms with Gasteiger partial charge in [0, 0.05) is 211 Å². The quantitative estimate of drug-likeness (QED) is 0.0531. The third kappa shape index (κ3) is 34.7. The zero-order valence-electron chi connectivity index (χ0n) is 80.6. The molecule has 24 rings (SSSR count). The van der Waals surface area contributed by atoms with Gasteiger partial charge in [-0.15, -0.1) is 250 Å². The van der Waals surface area contributed by atoms with Gasteiger partial charge in [0.2, 0.25) is 0 Å². The van der Waals surface area contributed by atoms with Crippen molar-refractivity contribution in [3.05, 3.63) is 552 Å². The molecule has 2 N–H and O–H groups in total. The van der Waals surface area contributed by atoms with Crippen LogP contribution in [0, 0.1) is 55.5 Å². The van der Waals surface area contributed by atoms with Crippen molar-refractivity contribution in [1.29, 1.82) is 0 Å². The number of furan rings is 1. The molecule has 24 aromatic rings. The largest absolute Gasteiger partial charge is 0.545 e. The Morgan fingerprint density at radius 2 is 0.624 bits per heavy atom. The van der Waals surface area contributed by atoms with E-state index in [1.165, 1.54) is 98.7 Å². The maximum atomic E-state index is 11.2. The van der Waals surface area contributed by atoms with Crippen LogP contribution in [0.25, 0.3) is 166 Å². The molecule has 14 aromatic carbocycles. The first-order chi connectivity index (χ1) is 70.3. The second-order valence-electron chi connectivity index (χ2n) is 31.7. The summed E-state index contributed by atoms with van der Waals surface area (Å²) in [4.78, 5) is 68.6. The Kier molecular flexibility index (Phi) is 49.3. The molecule has 10 aromatic heterocycles. The van der Waals surface area contributed by atoms with Crippen LogP contribution in [0.3, 0.4) is 0 Å². The van der Waals surface area contributed by atoms with Crippen LogP contribution in [-0.2, 0) is 125 Å². The number of hydrogen-bond acceptors (Lipinski definition) is 16. The number of aliphatic hydroxyl groups is 2. The minimum absolute atomic E-state index is 0. The number of aliphatic hydroxyl groups excluding tert-OH is 2. The predicted molar refractivity (Wildman–Crippen MR) is 575 cm³/mol. The van der Waals surface area contributed by atoms with Gasteiger partial charge in [-0.2, -0.15) is 0 Å². The average molecular weight is 3010 g/mol. The Bertz CT molecular complexity index is 7830. The molecule has 0 saturated carbocycles. The topological polar surface area (TPSA) is 230 Å². The van der Waals surface area contributed by atoms with Crippen molar-refractivity contribution in [2.75, 3.05) is 0 Å². The van der Waals surface area contributed by atoms with Gasteiger partial charge in [0.25, 0.3) is 0 Å². The first-order valence-electron chi connectivity index (χ1n) is 45.8. The van der Waals surface area contributed by atoms with Crippen LogP contribution in [0.15, 0.2) is 497 Å². The molecule has 0 saturated heterocycles. The summed E-state index contributed by atoms with van der Waals surface area (Å²) in [5.74, 6) is 0.485. The summed E-state index contributed by atoms with van der Waals surface area (Å²) in [6.07, 6.45) is 21.5. The Morgan fingerprint density at radius 3 is 1.01 bits per heavy atom. The molecule has 0 bridgehead atoms. The third-order valence-electron chi connectivity index (χ3n) is 21.5. The molecule has 0 fully saturated rings. The van der Waals surface area contributed by atoms with Crippen LogP contribution in [0.1, 0.15) is 36.7 Å². The van der Waals surface area contributed by atoms with Gasteiger partial charge < -0.3 is 49.5 Å². The first kappa shape index (κ1) is 117. The van der Waals surface area contributed by atoms with E-state index in [1.54, 1.807) is 67.6 Å². The minimum atomic E-state index is -0.171. The van der Waals surface area contributed by atoms with Gasteiger partial charge in [-0.05, 0) is 154 Å². The summed E-state index contributed by atoms with van der Waals surface area (Å²) >= 11 is 0. The summed E-state index contributed by atoms with van der Waals surface area (Å²) in [7, 11) is 0. The average Bonchev–Trinajstić information content (AvgIpc) is 0.862. The molecule has 748 valence electrons. The summed E-state index contributed by atoms with van der Waals surface area (Å²) in [6, 6.07) is 157. The van der Waals surface area contributed by atoms with E-state index in [2.05, 4.69) is 232 Å². The molecule has 16 nitrogen and oxygen atoms in total. The molecule has 22 heteroatoms. The monoisotopic (exact) mass is 3010 g/mol. The maximum absolute atomic E-state index is 11.2. The van der Waals surface area contributed by atoms with Crippen LogP contribution in [0.2, 0.25) is 0 Å². The fourth-order valence-electron chi connectivity index (χ4n) is 14.9. The van der Waals surface area contributed by atoms with Gasteiger partial charge in [0.15, 0.2) is 17.2 Å². The second kappa shape index (κ2) is 62.6. The van der Waals surface area contributed by atoms with E-state index in [0.29, 0.717) is 22.5 Å². The number of aryl methyl sites for hydroxylation is 1. The van der Waals surface area contributed by atoms with Gasteiger partial charge in [-0.25, -0.2) is 9.97 Å². The molecule has 0 aliphatic rings. The zero-order valence-corrected chi connectivity index (χ0v) is 95.0. The number of rotatable bonds is 11. The zero-order chi connectivity index (χ0) is 98.8. The fraction of sp³-hybridized carbons (Fsp3) is 0.0315. The normalized spacial score (nSPS) is 10.1. The third-order valence-corrected chi connectivity index (χ3v) is 21.5. The number of ketones is 2. The molecule has 0 atom stereocenters. The minimum Gasteiger partial charge on any atom is -0.545 e. The Hall–Kier alpha value is -15.3. The molecular weight excluding hydrogens is 2910 g/mol. The summed E-state index contributed by atoms with van der Waals surface area (Å²) in [5.41, 5.74) is 17.8. The molecule has 0 spiro atoms. The first-order valence-corrected chi connectivity index (χ1v) is 45.8. The molecule has 10 heterocycles. The van der Waals surface area contributed by atoms with Crippen molar-refractivity contribution < 1.29 is 145 Å². The van der Waals surface area contributed by atoms with Gasteiger partial charge in [-0.1, -0.05) is 223 Å². The van der Waals surface area contributed by atoms with E-state index in [1.807, 2.05) is 274 Å². The summed E-state index contributed by atoms with van der Waals surface area (Å²) in [5, 5.41) is 31.4. The van der Waals surface area contributed by atoms with Crippen molar-refractivity contribution in [3.63, 3.8) is 0 Å². The van der Waals surface area contributed by atoms with Crippen molar-refractivity contribution in [1.82, 2.24) is 54.8 Å². The number of allylic oxidation sites excluding steroid dienone is 4. The van der Waals surface area contributed by atoms with E-state index in [9.17, 15) is 9.59 Å². The Labute approximate surface area is 947 Å². The molecule has 0 amide bonds. The number of carbonyl (C=O) groups excluding carboxylic acids is 2. The Balaban J connectivity index is 0.000000185. The van der Waals surface area contributed by atoms with E-state index >= 15 is 0 Å². The molecular formula is C127H93Ir6N11O5-8. The maximum Gasteiger partial charge on any atom is 0.189 e. The number of fused-ring (bicyclic) bond motifs is 7. The number of aromatic nitrogens is 11. The standard InChI is InChI=1S/2C19H12N.C15H10N.C13H8NO.C12H7N4.C12H10N.2C11H8N.C10H10O2.C5H8O2.6Ir/c2*1-2-7-16-13-17(10-9-14(16)5-1)19-18-8-4-3-6-15(18)11-12-20-19;1-2-7-13(8-3-1)15-14-9-5-4-6-12(14)10-11-16-15;1-2-5-11-10(4-1)7-8-14-13(11)12-6-3-9-15-12;1-2-4-9(5-3-1)10-11-12(16-8-15-10)14-7-6-13-11;1-10-6-5-9-13-12(10)11-7-3-2-4-8-11;2*1-2-6-10(7-3-1)11-8-4-5-9-12-11;1-8(11)7-10(12)9-5-3-2-4-6-9;1-4(6)3-5(2)7;;;;;;/h2*1-9,11-13H;1-7,9-11H;1-5,7-9H;1-4,6-8H;2-7,9H,1H3;2*1-6,8-9H;2-7,11H,1H3;3,6H,1-2H3;;;;;;/q8*-1;;;;;;;;. The molecule has 0 aliphatic heterocycles. The van der Waals surface area contributed by atoms with Crippen LogP contribution in [0.4, 0.5) is 0 Å². The van der Waals surface area contributed by atoms with E-state index in [4.69, 9.17) is 14.6 Å².